The summed E-state index contributed by atoms with van der Waals surface area (Å²) >= 11 is 0. The Labute approximate surface area is 455 Å². The average molecular weight is 1030 g/mol. The van der Waals surface area contributed by atoms with E-state index in [1.165, 1.54) is 270 Å². The molecule has 2 atom stereocenters. The summed E-state index contributed by atoms with van der Waals surface area (Å²) in [4.78, 5) is 24.5. The first kappa shape index (κ1) is 71.1. The molecular weight excluding hydrogens is 899 g/mol. The third-order valence-electron chi connectivity index (χ3n) is 15.2. The van der Waals surface area contributed by atoms with Crippen LogP contribution in [0, 0.1) is 0 Å². The Balaban J connectivity index is 3.37. The lowest BCUT2D eigenvalue weighted by Crippen LogP contribution is -2.45. The maximum atomic E-state index is 12.4. The second-order valence-electron chi connectivity index (χ2n) is 22.4. The second kappa shape index (κ2) is 62.6. The summed E-state index contributed by atoms with van der Waals surface area (Å²) in [5.41, 5.74) is 0. The van der Waals surface area contributed by atoms with Gasteiger partial charge in [0.25, 0.3) is 0 Å². The van der Waals surface area contributed by atoms with Crippen molar-refractivity contribution < 1.29 is 24.5 Å². The van der Waals surface area contributed by atoms with E-state index in [4.69, 9.17) is 4.74 Å². The zero-order valence-corrected chi connectivity index (χ0v) is 49.1. The summed E-state index contributed by atoms with van der Waals surface area (Å²) in [6.45, 7) is 4.94. The number of hydrogen-bond acceptors (Lipinski definition) is 5. The van der Waals surface area contributed by atoms with Gasteiger partial charge in [0, 0.05) is 12.8 Å². The molecule has 0 saturated carbocycles. The summed E-state index contributed by atoms with van der Waals surface area (Å²) in [5.74, 6) is -0.0285. The predicted molar refractivity (Wildman–Crippen MR) is 319 cm³/mol. The van der Waals surface area contributed by atoms with E-state index >= 15 is 0 Å². The van der Waals surface area contributed by atoms with Crippen molar-refractivity contribution in [2.75, 3.05) is 13.2 Å². The van der Waals surface area contributed by atoms with Crippen molar-refractivity contribution in [1.29, 1.82) is 0 Å². The molecule has 0 aromatic heterocycles. The van der Waals surface area contributed by atoms with Crippen LogP contribution in [-0.2, 0) is 14.3 Å². The molecule has 0 aliphatic carbocycles. The number of nitrogens with one attached hydrogen (secondary N) is 1. The molecule has 0 aliphatic rings. The van der Waals surface area contributed by atoms with Crippen LogP contribution in [0.1, 0.15) is 354 Å². The summed E-state index contributed by atoms with van der Waals surface area (Å²) < 4.78 is 5.50. The van der Waals surface area contributed by atoms with Gasteiger partial charge in [0.15, 0.2) is 0 Å². The molecule has 6 heteroatoms. The highest BCUT2D eigenvalue weighted by molar-refractivity contribution is 5.76. The van der Waals surface area contributed by atoms with Crippen LogP contribution >= 0.6 is 0 Å². The highest BCUT2D eigenvalue weighted by atomic mass is 16.5. The number of esters is 1. The number of allylic oxidation sites excluding steroid dienone is 6. The number of rotatable bonds is 61. The van der Waals surface area contributed by atoms with E-state index in [9.17, 15) is 19.8 Å². The van der Waals surface area contributed by atoms with E-state index in [0.29, 0.717) is 25.9 Å². The summed E-state index contributed by atoms with van der Waals surface area (Å²) in [6, 6.07) is -0.540. The molecule has 0 saturated heterocycles. The number of amides is 1. The molecule has 0 rings (SSSR count). The maximum absolute atomic E-state index is 12.4. The molecule has 6 nitrogen and oxygen atoms in total. The predicted octanol–water partition coefficient (Wildman–Crippen LogP) is 20.8. The van der Waals surface area contributed by atoms with Crippen LogP contribution in [-0.4, -0.2) is 47.4 Å². The zero-order chi connectivity index (χ0) is 52.9. The molecule has 0 bridgehead atoms. The van der Waals surface area contributed by atoms with Gasteiger partial charge < -0.3 is 20.3 Å². The Morgan fingerprint density at radius 3 is 1.05 bits per heavy atom. The quantitative estimate of drug-likeness (QED) is 0.0320. The van der Waals surface area contributed by atoms with Gasteiger partial charge >= 0.3 is 5.97 Å². The largest absolute Gasteiger partial charge is 0.466 e. The van der Waals surface area contributed by atoms with Crippen LogP contribution < -0.4 is 5.32 Å². The SMILES string of the molecule is CCCCCCCCC/C=C\CCCCCCCCCC(=O)OCCCCCCCCCCC/C=C\C/C=C\CCCCCCCCCCCCCCCC(=O)NC(CO)C(O)CCCCCCCCCCC. The van der Waals surface area contributed by atoms with Crippen molar-refractivity contribution >= 4 is 11.9 Å². The molecule has 430 valence electrons. The zero-order valence-electron chi connectivity index (χ0n) is 49.1. The standard InChI is InChI=1S/C67H127NO5/c1-3-5-7-9-11-13-14-15-16-17-32-35-38-41-45-49-53-57-61-67(72)73-62-58-54-50-46-42-39-36-33-30-28-26-24-22-20-18-19-21-23-25-27-29-31-34-37-40-44-48-52-56-60-66(71)68-64(63-69)65(70)59-55-51-47-43-12-10-8-6-4-2/h16-18,20,24,26,64-65,69-70H,3-15,19,21-23,25,27-63H2,1-2H3,(H,68,71)/b17-16-,20-18-,26-24-. The molecule has 0 heterocycles. The van der Waals surface area contributed by atoms with E-state index in [1.54, 1.807) is 0 Å². The van der Waals surface area contributed by atoms with E-state index in [-0.39, 0.29) is 18.5 Å². The fraction of sp³-hybridized carbons (Fsp3) is 0.881. The molecule has 2 unspecified atom stereocenters. The van der Waals surface area contributed by atoms with Gasteiger partial charge in [-0.1, -0.05) is 294 Å². The second-order valence-corrected chi connectivity index (χ2v) is 22.4. The molecule has 0 radical (unpaired) electrons. The fourth-order valence-corrected chi connectivity index (χ4v) is 10.1. The van der Waals surface area contributed by atoms with Gasteiger partial charge in [0.05, 0.1) is 25.4 Å². The van der Waals surface area contributed by atoms with Crippen molar-refractivity contribution in [3.8, 4) is 0 Å². The molecule has 1 amide bonds. The van der Waals surface area contributed by atoms with Crippen molar-refractivity contribution in [2.24, 2.45) is 0 Å². The Kier molecular flexibility index (Phi) is 61.0. The Morgan fingerprint density at radius 1 is 0.384 bits per heavy atom. The highest BCUT2D eigenvalue weighted by Gasteiger charge is 2.20. The summed E-state index contributed by atoms with van der Waals surface area (Å²) in [6.07, 6.45) is 79.0. The van der Waals surface area contributed by atoms with Gasteiger partial charge in [-0.3, -0.25) is 9.59 Å². The lowest BCUT2D eigenvalue weighted by atomic mass is 10.0. The maximum Gasteiger partial charge on any atom is 0.305 e. The Hall–Kier alpha value is -1.92. The minimum atomic E-state index is -0.663. The number of hydrogen-bond donors (Lipinski definition) is 3. The van der Waals surface area contributed by atoms with E-state index in [0.717, 1.165) is 51.4 Å². The van der Waals surface area contributed by atoms with Crippen LogP contribution in [0.3, 0.4) is 0 Å². The number of unbranched alkanes of at least 4 members (excludes halogenated alkanes) is 44. The van der Waals surface area contributed by atoms with Crippen LogP contribution in [0.25, 0.3) is 0 Å². The minimum Gasteiger partial charge on any atom is -0.466 e. The first-order chi connectivity index (χ1) is 36.0. The summed E-state index contributed by atoms with van der Waals surface area (Å²) in [5, 5.41) is 23.1. The minimum absolute atomic E-state index is 0.00918. The molecule has 3 N–H and O–H groups in total. The number of aliphatic hydroxyl groups is 2. The van der Waals surface area contributed by atoms with Crippen molar-refractivity contribution in [1.82, 2.24) is 5.32 Å². The molecule has 0 aliphatic heterocycles. The number of carbonyl (C=O) groups is 2. The lowest BCUT2D eigenvalue weighted by molar-refractivity contribution is -0.143. The van der Waals surface area contributed by atoms with Gasteiger partial charge in [0.1, 0.15) is 0 Å². The van der Waals surface area contributed by atoms with E-state index in [2.05, 4.69) is 55.6 Å². The molecule has 0 fully saturated rings. The molecule has 0 spiro atoms. The number of ether oxygens (including phenoxy) is 1. The topological polar surface area (TPSA) is 95.9 Å². The first-order valence-electron chi connectivity index (χ1n) is 32.7. The molecule has 0 aromatic rings. The van der Waals surface area contributed by atoms with Gasteiger partial charge in [0.2, 0.25) is 5.91 Å². The van der Waals surface area contributed by atoms with Gasteiger partial charge in [-0.25, -0.2) is 0 Å². The van der Waals surface area contributed by atoms with Gasteiger partial charge in [-0.15, -0.1) is 0 Å². The highest BCUT2D eigenvalue weighted by Crippen LogP contribution is 2.17. The first-order valence-corrected chi connectivity index (χ1v) is 32.7. The van der Waals surface area contributed by atoms with Crippen LogP contribution in [0.5, 0.6) is 0 Å². The van der Waals surface area contributed by atoms with Crippen molar-refractivity contribution in [3.05, 3.63) is 36.5 Å². The fourth-order valence-electron chi connectivity index (χ4n) is 10.1. The Morgan fingerprint density at radius 2 is 0.685 bits per heavy atom. The van der Waals surface area contributed by atoms with Gasteiger partial charge in [-0.05, 0) is 83.5 Å². The average Bonchev–Trinajstić information content (AvgIpc) is 3.39. The third-order valence-corrected chi connectivity index (χ3v) is 15.2. The van der Waals surface area contributed by atoms with Crippen LogP contribution in [0.15, 0.2) is 36.5 Å². The Bertz CT molecular complexity index is 1180. The number of carbonyl (C=O) groups excluding carboxylic acids is 2. The summed E-state index contributed by atoms with van der Waals surface area (Å²) in [7, 11) is 0. The van der Waals surface area contributed by atoms with E-state index < -0.39 is 12.1 Å². The number of aliphatic hydroxyl groups excluding tert-OH is 2. The van der Waals surface area contributed by atoms with Crippen LogP contribution in [0.4, 0.5) is 0 Å². The smallest absolute Gasteiger partial charge is 0.305 e. The lowest BCUT2D eigenvalue weighted by Gasteiger charge is -2.22. The molecule has 0 aromatic carbocycles. The van der Waals surface area contributed by atoms with Crippen LogP contribution in [0.2, 0.25) is 0 Å². The van der Waals surface area contributed by atoms with E-state index in [1.807, 2.05) is 0 Å². The van der Waals surface area contributed by atoms with Gasteiger partial charge in [-0.2, -0.15) is 0 Å². The van der Waals surface area contributed by atoms with Crippen molar-refractivity contribution in [2.45, 2.75) is 366 Å². The molecular formula is C67H127NO5. The van der Waals surface area contributed by atoms with Crippen molar-refractivity contribution in [3.63, 3.8) is 0 Å². The normalized spacial score (nSPS) is 12.8. The third kappa shape index (κ3) is 59.2. The monoisotopic (exact) mass is 1030 g/mol. The molecule has 73 heavy (non-hydrogen) atoms.